The number of aromatic nitrogens is 1. The van der Waals surface area contributed by atoms with Gasteiger partial charge in [-0.1, -0.05) is 31.2 Å². The average molecular weight is 820 g/mol. The molecule has 4 aromatic rings. The van der Waals surface area contributed by atoms with Gasteiger partial charge in [0.1, 0.15) is 29.7 Å². The third kappa shape index (κ3) is 9.00. The number of amides is 3. The molecule has 0 radical (unpaired) electrons. The van der Waals surface area contributed by atoms with Gasteiger partial charge in [0.25, 0.3) is 5.91 Å². The maximum absolute atomic E-state index is 14.7. The van der Waals surface area contributed by atoms with Crippen LogP contribution >= 0.6 is 18.9 Å². The fourth-order valence-electron chi connectivity index (χ4n) is 7.84. The van der Waals surface area contributed by atoms with Gasteiger partial charge in [0.15, 0.2) is 0 Å². The van der Waals surface area contributed by atoms with Crippen LogP contribution in [0, 0.1) is 5.82 Å². The predicted octanol–water partition coefficient (Wildman–Crippen LogP) is 6.42. The third-order valence-electron chi connectivity index (χ3n) is 10.8. The fourth-order valence-corrected chi connectivity index (χ4v) is 10.8. The second-order valence-electron chi connectivity index (χ2n) is 14.9. The van der Waals surface area contributed by atoms with Crippen molar-refractivity contribution >= 4 is 52.6 Å². The number of esters is 1. The predicted molar refractivity (Wildman–Crippen MR) is 213 cm³/mol. The van der Waals surface area contributed by atoms with Crippen LogP contribution in [0.3, 0.4) is 0 Å². The third-order valence-corrected chi connectivity index (χ3v) is 13.9. The van der Waals surface area contributed by atoms with Crippen LogP contribution in [0.2, 0.25) is 0 Å². The van der Waals surface area contributed by atoms with Gasteiger partial charge < -0.3 is 29.1 Å². The number of fused-ring (bicyclic) bond motifs is 2. The minimum atomic E-state index is -3.70. The van der Waals surface area contributed by atoms with Crippen LogP contribution in [-0.4, -0.2) is 89.4 Å². The van der Waals surface area contributed by atoms with E-state index in [1.165, 1.54) is 30.7 Å². The number of carbonyl (C=O) groups excluding carboxylic acids is 4. The standard InChI is InChI=1S/C41H47FN5O8PS/c1-4-17-54-41(51)25(2)45-56(52,55-30-10-6-5-7-11-30)24-26-13-16-35-27(18-26)19-36(57-35)38(48)44-33-12-8-9-29-14-15-34(47(29)39(33)49)40(50)46-22-28(23-46)31-21-43-37(53-3)20-32(31)42/h5-7,10-11,13,16,18-21,25,28-29,33-34H,4,8-9,12,14-15,17,22-24H2,1-3H3,(H,44,48)(H,45,52)/t25-,29-,33-,34-,56?/m0/s1. The monoisotopic (exact) mass is 819 g/mol. The zero-order valence-electron chi connectivity index (χ0n) is 32.1. The SMILES string of the molecule is CCCOC(=O)[C@H](C)NP(=O)(Cc1ccc2sc(C(=O)N[C@H]3CCC[C@H]4CC[C@@H](C(=O)N5CC(c6cnc(OC)cc6F)C5)N4C3=O)cc2c1)Oc1ccccc1. The van der Waals surface area contributed by atoms with Crippen LogP contribution in [0.5, 0.6) is 11.6 Å². The Balaban J connectivity index is 1.01. The molecule has 302 valence electrons. The maximum Gasteiger partial charge on any atom is 0.323 e. The van der Waals surface area contributed by atoms with E-state index < -0.39 is 43.3 Å². The minimum Gasteiger partial charge on any atom is -0.481 e. The van der Waals surface area contributed by atoms with Gasteiger partial charge in [0.2, 0.25) is 17.7 Å². The summed E-state index contributed by atoms with van der Waals surface area (Å²) in [5.41, 5.74) is 1.10. The Morgan fingerprint density at radius 2 is 1.84 bits per heavy atom. The number of para-hydroxylation sites is 1. The van der Waals surface area contributed by atoms with Gasteiger partial charge in [-0.3, -0.25) is 23.7 Å². The molecule has 57 heavy (non-hydrogen) atoms. The zero-order valence-corrected chi connectivity index (χ0v) is 33.9. The van der Waals surface area contributed by atoms with Crippen molar-refractivity contribution in [3.8, 4) is 11.6 Å². The molecule has 7 rings (SSSR count). The minimum absolute atomic E-state index is 0.0399. The van der Waals surface area contributed by atoms with Gasteiger partial charge in [-0.2, -0.15) is 0 Å². The first-order valence-corrected chi connectivity index (χ1v) is 22.0. The molecule has 0 aliphatic carbocycles. The quantitative estimate of drug-likeness (QED) is 0.108. The molecule has 16 heteroatoms. The first-order chi connectivity index (χ1) is 27.4. The summed E-state index contributed by atoms with van der Waals surface area (Å²) >= 11 is 1.28. The van der Waals surface area contributed by atoms with Gasteiger partial charge in [-0.15, -0.1) is 11.3 Å². The van der Waals surface area contributed by atoms with E-state index in [0.717, 1.165) is 22.9 Å². The molecule has 3 saturated heterocycles. The van der Waals surface area contributed by atoms with Crippen molar-refractivity contribution in [1.29, 1.82) is 0 Å². The van der Waals surface area contributed by atoms with Gasteiger partial charge in [0.05, 0.1) is 24.8 Å². The molecule has 2 N–H and O–H groups in total. The van der Waals surface area contributed by atoms with Crippen molar-refractivity contribution in [3.63, 3.8) is 0 Å². The Morgan fingerprint density at radius 3 is 2.58 bits per heavy atom. The fraction of sp³-hybridized carbons (Fsp3) is 0.439. The van der Waals surface area contributed by atoms with Crippen molar-refractivity contribution in [1.82, 2.24) is 25.2 Å². The lowest BCUT2D eigenvalue weighted by molar-refractivity contribution is -0.148. The van der Waals surface area contributed by atoms with E-state index >= 15 is 0 Å². The van der Waals surface area contributed by atoms with Gasteiger partial charge in [0, 0.05) is 47.6 Å². The molecule has 2 aromatic heterocycles. The summed E-state index contributed by atoms with van der Waals surface area (Å²) in [6, 6.07) is 14.8. The van der Waals surface area contributed by atoms with Crippen molar-refractivity contribution in [2.75, 3.05) is 26.8 Å². The number of thiophene rings is 1. The molecule has 3 amide bonds. The number of carbonyl (C=O) groups is 4. The highest BCUT2D eigenvalue weighted by Crippen LogP contribution is 2.47. The molecule has 3 aliphatic rings. The Morgan fingerprint density at radius 1 is 1.05 bits per heavy atom. The maximum atomic E-state index is 14.7. The first kappa shape index (κ1) is 40.4. The molecule has 0 spiro atoms. The summed E-state index contributed by atoms with van der Waals surface area (Å²) in [5.74, 6) is -1.39. The van der Waals surface area contributed by atoms with Crippen molar-refractivity contribution in [3.05, 3.63) is 88.7 Å². The van der Waals surface area contributed by atoms with E-state index in [1.54, 1.807) is 47.1 Å². The molecule has 3 fully saturated rings. The Hall–Kier alpha value is -4.85. The number of nitrogens with one attached hydrogen (secondary N) is 2. The molecular weight excluding hydrogens is 773 g/mol. The molecular formula is C41H47FN5O8PS. The number of rotatable bonds is 14. The van der Waals surface area contributed by atoms with E-state index in [4.69, 9.17) is 14.0 Å². The van der Waals surface area contributed by atoms with E-state index in [0.29, 0.717) is 60.5 Å². The molecule has 1 unspecified atom stereocenters. The van der Waals surface area contributed by atoms with E-state index in [-0.39, 0.29) is 42.4 Å². The number of ether oxygens (including phenoxy) is 2. The van der Waals surface area contributed by atoms with E-state index in [1.807, 2.05) is 31.2 Å². The van der Waals surface area contributed by atoms with Crippen molar-refractivity contribution < 1.29 is 42.1 Å². The second kappa shape index (κ2) is 17.3. The van der Waals surface area contributed by atoms with Gasteiger partial charge in [-0.25, -0.2) is 14.5 Å². The first-order valence-electron chi connectivity index (χ1n) is 19.4. The van der Waals surface area contributed by atoms with Crippen LogP contribution in [0.4, 0.5) is 4.39 Å². The highest BCUT2D eigenvalue weighted by molar-refractivity contribution is 7.56. The normalized spacial score (nSPS) is 21.2. The molecule has 3 aliphatic heterocycles. The molecule has 5 heterocycles. The Kier molecular flexibility index (Phi) is 12.3. The smallest absolute Gasteiger partial charge is 0.323 e. The number of benzene rings is 2. The van der Waals surface area contributed by atoms with E-state index in [9.17, 15) is 28.1 Å². The lowest BCUT2D eigenvalue weighted by Crippen LogP contribution is -2.58. The van der Waals surface area contributed by atoms with Gasteiger partial charge in [-0.05, 0) is 86.7 Å². The lowest BCUT2D eigenvalue weighted by Gasteiger charge is -2.42. The molecule has 13 nitrogen and oxygen atoms in total. The highest BCUT2D eigenvalue weighted by Gasteiger charge is 2.48. The van der Waals surface area contributed by atoms with Crippen molar-refractivity contribution in [2.45, 2.75) is 88.6 Å². The van der Waals surface area contributed by atoms with Crippen LogP contribution in [0.1, 0.15) is 79.1 Å². The number of likely N-dealkylation sites (tertiary alicyclic amines) is 1. The van der Waals surface area contributed by atoms with Crippen molar-refractivity contribution in [2.24, 2.45) is 0 Å². The number of nitrogens with zero attached hydrogens (tertiary/aromatic N) is 3. The van der Waals surface area contributed by atoms with E-state index in [2.05, 4.69) is 15.4 Å². The largest absolute Gasteiger partial charge is 0.481 e. The molecule has 0 bridgehead atoms. The number of methoxy groups -OCH3 is 1. The summed E-state index contributed by atoms with van der Waals surface area (Å²) in [6.45, 7) is 4.40. The topological polar surface area (TPSA) is 156 Å². The second-order valence-corrected chi connectivity index (χ2v) is 18.1. The van der Waals surface area contributed by atoms with Crippen LogP contribution in [0.15, 0.2) is 66.9 Å². The zero-order chi connectivity index (χ0) is 40.3. The Bertz CT molecular complexity index is 2180. The number of hydrogen-bond donors (Lipinski definition) is 2. The van der Waals surface area contributed by atoms with Gasteiger partial charge >= 0.3 is 13.5 Å². The number of pyridine rings is 1. The highest BCUT2D eigenvalue weighted by atomic mass is 32.1. The summed E-state index contributed by atoms with van der Waals surface area (Å²) in [7, 11) is -2.28. The number of hydrogen-bond acceptors (Lipinski definition) is 10. The molecule has 2 aromatic carbocycles. The van der Waals surface area contributed by atoms with Crippen LogP contribution in [0.25, 0.3) is 10.1 Å². The Labute approximate surface area is 334 Å². The lowest BCUT2D eigenvalue weighted by atomic mass is 9.91. The summed E-state index contributed by atoms with van der Waals surface area (Å²) < 4.78 is 46.1. The van der Waals surface area contributed by atoms with Crippen LogP contribution in [-0.2, 0) is 29.8 Å². The van der Waals surface area contributed by atoms with Crippen LogP contribution < -0.4 is 19.7 Å². The summed E-state index contributed by atoms with van der Waals surface area (Å²) in [4.78, 5) is 62.0. The average Bonchev–Trinajstić information content (AvgIpc) is 3.77. The molecule has 5 atom stereocenters. The molecule has 0 saturated carbocycles. The summed E-state index contributed by atoms with van der Waals surface area (Å²) in [6.07, 6.45) is 5.22. The number of halogens is 1. The summed E-state index contributed by atoms with van der Waals surface area (Å²) in [5, 5.41) is 6.61.